The van der Waals surface area contributed by atoms with Gasteiger partial charge in [-0.25, -0.2) is 0 Å². The number of nitrogens with zero attached hydrogens (tertiary/aromatic N) is 1. The molecule has 0 bridgehead atoms. The summed E-state index contributed by atoms with van der Waals surface area (Å²) < 4.78 is 5.69. The molecule has 0 saturated carbocycles. The first-order valence-corrected chi connectivity index (χ1v) is 6.24. The van der Waals surface area contributed by atoms with Crippen LogP contribution in [0.5, 0.6) is 5.75 Å². The predicted molar refractivity (Wildman–Crippen MR) is 68.5 cm³/mol. The van der Waals surface area contributed by atoms with Crippen LogP contribution >= 0.6 is 0 Å². The van der Waals surface area contributed by atoms with E-state index in [1.807, 2.05) is 0 Å². The van der Waals surface area contributed by atoms with E-state index >= 15 is 0 Å². The number of hydrogen-bond donors (Lipinski definition) is 0. The van der Waals surface area contributed by atoms with Crippen LogP contribution in [0.25, 0.3) is 0 Å². The molecular formula is C14H21NO. The van der Waals surface area contributed by atoms with E-state index in [1.54, 1.807) is 0 Å². The lowest BCUT2D eigenvalue weighted by Gasteiger charge is -2.31. The first kappa shape index (κ1) is 11.3. The van der Waals surface area contributed by atoms with Gasteiger partial charge in [0.25, 0.3) is 0 Å². The molecule has 0 saturated heterocycles. The van der Waals surface area contributed by atoms with E-state index in [1.165, 1.54) is 17.7 Å². The Balaban J connectivity index is 2.32. The molecule has 0 unspecified atom stereocenters. The molecule has 1 aliphatic heterocycles. The van der Waals surface area contributed by atoms with Crippen molar-refractivity contribution in [3.63, 3.8) is 0 Å². The second-order valence-corrected chi connectivity index (χ2v) is 4.72. The fourth-order valence-corrected chi connectivity index (χ4v) is 2.15. The molecule has 0 fully saturated rings. The zero-order valence-electron chi connectivity index (χ0n) is 10.5. The third kappa shape index (κ3) is 2.16. The van der Waals surface area contributed by atoms with E-state index in [0.717, 1.165) is 25.4 Å². The standard InChI is InChI=1S/C14H21NO/c1-4-7-15-8-9-16-14-6-5-12(11(2)3)10-13(14)15/h5-6,10-11H,4,7-9H2,1-3H3. The molecule has 1 aromatic carbocycles. The van der Waals surface area contributed by atoms with Gasteiger partial charge in [-0.3, -0.25) is 0 Å². The summed E-state index contributed by atoms with van der Waals surface area (Å²) in [6.07, 6.45) is 1.19. The van der Waals surface area contributed by atoms with Gasteiger partial charge < -0.3 is 9.64 Å². The third-order valence-corrected chi connectivity index (χ3v) is 3.10. The zero-order chi connectivity index (χ0) is 11.5. The average Bonchev–Trinajstić information content (AvgIpc) is 2.29. The van der Waals surface area contributed by atoms with Crippen molar-refractivity contribution in [1.29, 1.82) is 0 Å². The molecule has 2 nitrogen and oxygen atoms in total. The molecule has 0 spiro atoms. The lowest BCUT2D eigenvalue weighted by atomic mass is 10.0. The van der Waals surface area contributed by atoms with Gasteiger partial charge in [-0.05, 0) is 30.0 Å². The Morgan fingerprint density at radius 1 is 1.38 bits per heavy atom. The van der Waals surface area contributed by atoms with Gasteiger partial charge in [0.1, 0.15) is 12.4 Å². The summed E-state index contributed by atoms with van der Waals surface area (Å²) in [7, 11) is 0. The first-order valence-electron chi connectivity index (χ1n) is 6.24. The van der Waals surface area contributed by atoms with Crippen molar-refractivity contribution in [2.75, 3.05) is 24.6 Å². The predicted octanol–water partition coefficient (Wildman–Crippen LogP) is 3.42. The molecule has 0 N–H and O–H groups in total. The fraction of sp³-hybridized carbons (Fsp3) is 0.571. The third-order valence-electron chi connectivity index (χ3n) is 3.10. The van der Waals surface area contributed by atoms with E-state index in [2.05, 4.69) is 43.9 Å². The van der Waals surface area contributed by atoms with Crippen molar-refractivity contribution in [3.05, 3.63) is 23.8 Å². The van der Waals surface area contributed by atoms with Crippen LogP contribution in [0.3, 0.4) is 0 Å². The van der Waals surface area contributed by atoms with E-state index in [0.29, 0.717) is 5.92 Å². The van der Waals surface area contributed by atoms with E-state index in [-0.39, 0.29) is 0 Å². The van der Waals surface area contributed by atoms with Crippen LogP contribution in [0, 0.1) is 0 Å². The lowest BCUT2D eigenvalue weighted by molar-refractivity contribution is 0.307. The number of hydrogen-bond acceptors (Lipinski definition) is 2. The highest BCUT2D eigenvalue weighted by Gasteiger charge is 2.18. The van der Waals surface area contributed by atoms with Crippen LogP contribution < -0.4 is 9.64 Å². The quantitative estimate of drug-likeness (QED) is 0.772. The fourth-order valence-electron chi connectivity index (χ4n) is 2.15. The number of anilines is 1. The zero-order valence-corrected chi connectivity index (χ0v) is 10.5. The summed E-state index contributed by atoms with van der Waals surface area (Å²) >= 11 is 0. The molecule has 2 heteroatoms. The summed E-state index contributed by atoms with van der Waals surface area (Å²) in [6.45, 7) is 9.64. The number of fused-ring (bicyclic) bond motifs is 1. The van der Waals surface area contributed by atoms with Gasteiger partial charge in [0.05, 0.1) is 12.2 Å². The normalized spacial score (nSPS) is 14.9. The smallest absolute Gasteiger partial charge is 0.142 e. The number of benzene rings is 1. The molecule has 0 radical (unpaired) electrons. The Bertz CT molecular complexity index is 360. The van der Waals surface area contributed by atoms with Crippen LogP contribution in [0.2, 0.25) is 0 Å². The maximum absolute atomic E-state index is 5.69. The molecule has 1 aliphatic rings. The van der Waals surface area contributed by atoms with Crippen LogP contribution in [0.1, 0.15) is 38.7 Å². The van der Waals surface area contributed by atoms with Gasteiger partial charge in [0.2, 0.25) is 0 Å². The second-order valence-electron chi connectivity index (χ2n) is 4.72. The Hall–Kier alpha value is -1.18. The van der Waals surface area contributed by atoms with Crippen molar-refractivity contribution in [3.8, 4) is 5.75 Å². The molecule has 0 aromatic heterocycles. The van der Waals surface area contributed by atoms with E-state index in [9.17, 15) is 0 Å². The van der Waals surface area contributed by atoms with Gasteiger partial charge in [0.15, 0.2) is 0 Å². The van der Waals surface area contributed by atoms with Gasteiger partial charge in [-0.15, -0.1) is 0 Å². The van der Waals surface area contributed by atoms with Crippen LogP contribution in [-0.2, 0) is 0 Å². The highest BCUT2D eigenvalue weighted by Crippen LogP contribution is 2.34. The molecular weight excluding hydrogens is 198 g/mol. The van der Waals surface area contributed by atoms with Crippen molar-refractivity contribution in [1.82, 2.24) is 0 Å². The molecule has 1 heterocycles. The minimum atomic E-state index is 0.579. The Labute approximate surface area is 98.2 Å². The average molecular weight is 219 g/mol. The molecule has 16 heavy (non-hydrogen) atoms. The molecule has 0 amide bonds. The second kappa shape index (κ2) is 4.77. The number of rotatable bonds is 3. The Kier molecular flexibility index (Phi) is 3.37. The van der Waals surface area contributed by atoms with E-state index < -0.39 is 0 Å². The van der Waals surface area contributed by atoms with Gasteiger partial charge in [-0.2, -0.15) is 0 Å². The van der Waals surface area contributed by atoms with Gasteiger partial charge in [0, 0.05) is 6.54 Å². The molecule has 2 rings (SSSR count). The van der Waals surface area contributed by atoms with Crippen LogP contribution in [0.15, 0.2) is 18.2 Å². The van der Waals surface area contributed by atoms with E-state index in [4.69, 9.17) is 4.74 Å². The van der Waals surface area contributed by atoms with Crippen molar-refractivity contribution in [2.45, 2.75) is 33.1 Å². The molecule has 88 valence electrons. The molecule has 0 aliphatic carbocycles. The topological polar surface area (TPSA) is 12.5 Å². The minimum absolute atomic E-state index is 0.579. The first-order chi connectivity index (χ1) is 7.72. The summed E-state index contributed by atoms with van der Waals surface area (Å²) in [6, 6.07) is 6.58. The van der Waals surface area contributed by atoms with Crippen molar-refractivity contribution < 1.29 is 4.74 Å². The Morgan fingerprint density at radius 2 is 2.19 bits per heavy atom. The van der Waals surface area contributed by atoms with Crippen LogP contribution in [-0.4, -0.2) is 19.7 Å². The SMILES string of the molecule is CCCN1CCOc2ccc(C(C)C)cc21. The van der Waals surface area contributed by atoms with Crippen LogP contribution in [0.4, 0.5) is 5.69 Å². The summed E-state index contributed by atoms with van der Waals surface area (Å²) in [5.41, 5.74) is 2.67. The highest BCUT2D eigenvalue weighted by atomic mass is 16.5. The summed E-state index contributed by atoms with van der Waals surface area (Å²) in [5, 5.41) is 0. The Morgan fingerprint density at radius 3 is 2.88 bits per heavy atom. The monoisotopic (exact) mass is 219 g/mol. The van der Waals surface area contributed by atoms with Gasteiger partial charge >= 0.3 is 0 Å². The van der Waals surface area contributed by atoms with Crippen molar-refractivity contribution in [2.24, 2.45) is 0 Å². The summed E-state index contributed by atoms with van der Waals surface area (Å²) in [4.78, 5) is 2.44. The maximum atomic E-state index is 5.69. The maximum Gasteiger partial charge on any atom is 0.142 e. The molecule has 1 aromatic rings. The minimum Gasteiger partial charge on any atom is -0.490 e. The largest absolute Gasteiger partial charge is 0.490 e. The molecule has 0 atom stereocenters. The van der Waals surface area contributed by atoms with Crippen molar-refractivity contribution >= 4 is 5.69 Å². The number of ether oxygens (including phenoxy) is 1. The summed E-state index contributed by atoms with van der Waals surface area (Å²) in [5.74, 6) is 1.62. The van der Waals surface area contributed by atoms with Gasteiger partial charge in [-0.1, -0.05) is 26.8 Å². The highest BCUT2D eigenvalue weighted by molar-refractivity contribution is 5.61. The lowest BCUT2D eigenvalue weighted by Crippen LogP contribution is -2.33.